The fourth-order valence-electron chi connectivity index (χ4n) is 4.92. The van der Waals surface area contributed by atoms with E-state index in [0.29, 0.717) is 17.6 Å². The largest absolute Gasteiger partial charge is 0.377 e. The lowest BCUT2D eigenvalue weighted by Crippen LogP contribution is -2.70. The van der Waals surface area contributed by atoms with Gasteiger partial charge in [0.25, 0.3) is 0 Å². The van der Waals surface area contributed by atoms with Gasteiger partial charge in [-0.3, -0.25) is 0 Å². The van der Waals surface area contributed by atoms with Crippen LogP contribution in [-0.2, 0) is 17.8 Å². The van der Waals surface area contributed by atoms with Gasteiger partial charge in [0.05, 0.1) is 6.10 Å². The molecule has 1 N–H and O–H groups in total. The molecule has 3 atom stereocenters. The van der Waals surface area contributed by atoms with Crippen LogP contribution in [0, 0.1) is 11.3 Å². The van der Waals surface area contributed by atoms with E-state index in [4.69, 9.17) is 4.74 Å². The molecule has 0 aromatic heterocycles. The van der Waals surface area contributed by atoms with Gasteiger partial charge >= 0.3 is 0 Å². The lowest BCUT2D eigenvalue weighted by molar-refractivity contribution is -0.176. The van der Waals surface area contributed by atoms with Crippen LogP contribution in [0.15, 0.2) is 24.3 Å². The van der Waals surface area contributed by atoms with Gasteiger partial charge < -0.3 is 15.0 Å². The number of nitrogens with one attached hydrogen (secondary N) is 1. The van der Waals surface area contributed by atoms with E-state index in [9.17, 15) is 0 Å². The first-order valence-electron chi connectivity index (χ1n) is 8.77. The van der Waals surface area contributed by atoms with Gasteiger partial charge in [0.2, 0.25) is 0 Å². The maximum atomic E-state index is 6.00. The van der Waals surface area contributed by atoms with Crippen molar-refractivity contribution in [2.75, 3.05) is 20.7 Å². The van der Waals surface area contributed by atoms with Crippen molar-refractivity contribution < 1.29 is 4.74 Å². The van der Waals surface area contributed by atoms with Gasteiger partial charge in [-0.05, 0) is 44.5 Å². The first-order valence-corrected chi connectivity index (χ1v) is 8.77. The molecule has 2 saturated carbocycles. The van der Waals surface area contributed by atoms with Gasteiger partial charge in [-0.2, -0.15) is 0 Å². The van der Waals surface area contributed by atoms with Crippen molar-refractivity contribution in [2.45, 2.75) is 50.9 Å². The Morgan fingerprint density at radius 2 is 1.91 bits per heavy atom. The summed E-state index contributed by atoms with van der Waals surface area (Å²) in [5, 5.41) is 3.87. The molecule has 120 valence electrons. The van der Waals surface area contributed by atoms with Crippen molar-refractivity contribution in [1.29, 1.82) is 0 Å². The third kappa shape index (κ3) is 2.31. The lowest BCUT2D eigenvalue weighted by atomic mass is 9.46. The Bertz CT molecular complexity index is 521. The molecule has 0 radical (unpaired) electrons. The van der Waals surface area contributed by atoms with Gasteiger partial charge in [0, 0.05) is 37.1 Å². The van der Waals surface area contributed by atoms with E-state index in [1.807, 2.05) is 0 Å². The molecule has 3 nitrogen and oxygen atoms in total. The molecule has 22 heavy (non-hydrogen) atoms. The summed E-state index contributed by atoms with van der Waals surface area (Å²) in [5.74, 6) is 0.772. The Hall–Kier alpha value is -0.900. The summed E-state index contributed by atoms with van der Waals surface area (Å²) in [5.41, 5.74) is 3.28. The molecule has 3 fully saturated rings. The number of rotatable bonds is 5. The van der Waals surface area contributed by atoms with Crippen molar-refractivity contribution >= 4 is 0 Å². The summed E-state index contributed by atoms with van der Waals surface area (Å²) in [6.07, 6.45) is 5.96. The van der Waals surface area contributed by atoms with E-state index in [2.05, 4.69) is 48.6 Å². The van der Waals surface area contributed by atoms with E-state index >= 15 is 0 Å². The quantitative estimate of drug-likeness (QED) is 0.905. The molecule has 3 aliphatic rings. The summed E-state index contributed by atoms with van der Waals surface area (Å²) in [6, 6.07) is 9.77. The first-order chi connectivity index (χ1) is 10.7. The molecule has 1 aliphatic heterocycles. The number of nitrogens with zero attached hydrogens (tertiary/aromatic N) is 1. The SMILES string of the molecule is CN(C)Cc1ccc(CNC2C3CCOC3C23CCC3)cc1. The van der Waals surface area contributed by atoms with E-state index < -0.39 is 0 Å². The maximum absolute atomic E-state index is 6.00. The predicted octanol–water partition coefficient (Wildman–Crippen LogP) is 2.80. The summed E-state index contributed by atoms with van der Waals surface area (Å²) in [6.45, 7) is 2.99. The van der Waals surface area contributed by atoms with Crippen molar-refractivity contribution in [3.8, 4) is 0 Å². The molecule has 1 saturated heterocycles. The minimum atomic E-state index is 0.492. The average molecular weight is 300 g/mol. The summed E-state index contributed by atoms with van der Waals surface area (Å²) in [7, 11) is 4.23. The number of hydrogen-bond donors (Lipinski definition) is 1. The molecule has 4 rings (SSSR count). The average Bonchev–Trinajstić information content (AvgIpc) is 2.84. The Labute approximate surface area is 134 Å². The smallest absolute Gasteiger partial charge is 0.0690 e. The van der Waals surface area contributed by atoms with Crippen LogP contribution in [0.3, 0.4) is 0 Å². The van der Waals surface area contributed by atoms with E-state index in [1.54, 1.807) is 0 Å². The Balaban J connectivity index is 1.36. The van der Waals surface area contributed by atoms with Gasteiger partial charge in [-0.25, -0.2) is 0 Å². The standard InChI is InChI=1S/C19H28N2O/c1-21(2)13-15-6-4-14(5-7-15)12-20-17-16-8-11-22-18(16)19(17)9-3-10-19/h4-7,16-18,20H,3,8-13H2,1-2H3. The van der Waals surface area contributed by atoms with Crippen LogP contribution in [0.25, 0.3) is 0 Å². The van der Waals surface area contributed by atoms with Crippen molar-refractivity contribution in [1.82, 2.24) is 10.2 Å². The topological polar surface area (TPSA) is 24.5 Å². The van der Waals surface area contributed by atoms with Gasteiger partial charge in [0.1, 0.15) is 0 Å². The monoisotopic (exact) mass is 300 g/mol. The molecular weight excluding hydrogens is 272 g/mol. The molecule has 2 aliphatic carbocycles. The number of hydrogen-bond acceptors (Lipinski definition) is 3. The Morgan fingerprint density at radius 3 is 2.55 bits per heavy atom. The predicted molar refractivity (Wildman–Crippen MR) is 88.6 cm³/mol. The van der Waals surface area contributed by atoms with Gasteiger partial charge in [-0.15, -0.1) is 0 Å². The zero-order chi connectivity index (χ0) is 15.2. The van der Waals surface area contributed by atoms with Crippen LogP contribution in [-0.4, -0.2) is 37.7 Å². The summed E-state index contributed by atoms with van der Waals surface area (Å²) in [4.78, 5) is 2.21. The van der Waals surface area contributed by atoms with Gasteiger partial charge in [0.15, 0.2) is 0 Å². The molecule has 3 heteroatoms. The first kappa shape index (κ1) is 14.7. The molecule has 3 unspecified atom stereocenters. The minimum Gasteiger partial charge on any atom is -0.377 e. The normalized spacial score (nSPS) is 31.9. The molecule has 1 aromatic rings. The second-order valence-electron chi connectivity index (χ2n) is 7.74. The number of ether oxygens (including phenoxy) is 1. The summed E-state index contributed by atoms with van der Waals surface area (Å²) >= 11 is 0. The number of benzene rings is 1. The highest BCUT2D eigenvalue weighted by Crippen LogP contribution is 2.62. The second kappa shape index (κ2) is 5.63. The minimum absolute atomic E-state index is 0.492. The highest BCUT2D eigenvalue weighted by Gasteiger charge is 2.66. The molecule has 1 spiro atoms. The molecule has 1 aromatic carbocycles. The fraction of sp³-hybridized carbons (Fsp3) is 0.684. The van der Waals surface area contributed by atoms with Crippen molar-refractivity contribution in [3.63, 3.8) is 0 Å². The number of fused-ring (bicyclic) bond motifs is 2. The zero-order valence-corrected chi connectivity index (χ0v) is 13.8. The second-order valence-corrected chi connectivity index (χ2v) is 7.74. The third-order valence-electron chi connectivity index (χ3n) is 6.08. The third-order valence-corrected chi connectivity index (χ3v) is 6.08. The Kier molecular flexibility index (Phi) is 3.75. The maximum Gasteiger partial charge on any atom is 0.0690 e. The van der Waals surface area contributed by atoms with Crippen LogP contribution < -0.4 is 5.32 Å². The van der Waals surface area contributed by atoms with E-state index in [1.165, 1.54) is 36.8 Å². The molecule has 1 heterocycles. The summed E-state index contributed by atoms with van der Waals surface area (Å²) < 4.78 is 6.00. The van der Waals surface area contributed by atoms with Crippen molar-refractivity contribution in [3.05, 3.63) is 35.4 Å². The van der Waals surface area contributed by atoms with E-state index in [0.717, 1.165) is 25.6 Å². The fourth-order valence-corrected chi connectivity index (χ4v) is 4.92. The molecule has 0 amide bonds. The molecular formula is C19H28N2O. The molecule has 0 bridgehead atoms. The highest BCUT2D eigenvalue weighted by molar-refractivity contribution is 5.24. The lowest BCUT2D eigenvalue weighted by Gasteiger charge is -2.63. The van der Waals surface area contributed by atoms with Crippen LogP contribution in [0.2, 0.25) is 0 Å². The van der Waals surface area contributed by atoms with Crippen molar-refractivity contribution in [2.24, 2.45) is 11.3 Å². The Morgan fingerprint density at radius 1 is 1.18 bits per heavy atom. The van der Waals surface area contributed by atoms with E-state index in [-0.39, 0.29) is 0 Å². The van der Waals surface area contributed by atoms with Crippen LogP contribution in [0.4, 0.5) is 0 Å². The zero-order valence-electron chi connectivity index (χ0n) is 13.8. The van der Waals surface area contributed by atoms with Crippen LogP contribution >= 0.6 is 0 Å². The van der Waals surface area contributed by atoms with Crippen LogP contribution in [0.1, 0.15) is 36.8 Å². The van der Waals surface area contributed by atoms with Gasteiger partial charge in [-0.1, -0.05) is 30.7 Å². The van der Waals surface area contributed by atoms with Crippen LogP contribution in [0.5, 0.6) is 0 Å². The highest BCUT2D eigenvalue weighted by atomic mass is 16.5.